The molecule has 0 saturated carbocycles. The lowest BCUT2D eigenvalue weighted by Gasteiger charge is -2.31. The van der Waals surface area contributed by atoms with Crippen molar-refractivity contribution in [3.05, 3.63) is 0 Å². The van der Waals surface area contributed by atoms with E-state index in [-0.39, 0.29) is 11.8 Å². The number of aliphatic carboxylic acids is 1. The van der Waals surface area contributed by atoms with Gasteiger partial charge in [-0.3, -0.25) is 9.59 Å². The van der Waals surface area contributed by atoms with Gasteiger partial charge in [-0.15, -0.1) is 0 Å². The lowest BCUT2D eigenvalue weighted by molar-refractivity contribution is -0.145. The Hall–Kier alpha value is -1.10. The van der Waals surface area contributed by atoms with E-state index < -0.39 is 5.97 Å². The summed E-state index contributed by atoms with van der Waals surface area (Å²) in [6.45, 7) is 2.18. The van der Waals surface area contributed by atoms with Gasteiger partial charge in [0, 0.05) is 25.6 Å². The lowest BCUT2D eigenvalue weighted by Crippen LogP contribution is -2.43. The molecule has 2 atom stereocenters. The molecule has 0 aromatic rings. The Morgan fingerprint density at radius 1 is 1.21 bits per heavy atom. The van der Waals surface area contributed by atoms with Crippen LogP contribution < -0.4 is 5.32 Å². The monoisotopic (exact) mass is 268 g/mol. The largest absolute Gasteiger partial charge is 0.481 e. The first-order valence-corrected chi connectivity index (χ1v) is 7.41. The Morgan fingerprint density at radius 3 is 2.74 bits per heavy atom. The van der Waals surface area contributed by atoms with Crippen molar-refractivity contribution >= 4 is 11.9 Å². The summed E-state index contributed by atoms with van der Waals surface area (Å²) in [6, 6.07) is 0.470. The Labute approximate surface area is 114 Å². The van der Waals surface area contributed by atoms with Gasteiger partial charge in [0.15, 0.2) is 0 Å². The maximum atomic E-state index is 12.1. The van der Waals surface area contributed by atoms with Crippen LogP contribution in [0.2, 0.25) is 0 Å². The third-order valence-corrected chi connectivity index (χ3v) is 4.24. The van der Waals surface area contributed by atoms with E-state index in [0.717, 1.165) is 32.4 Å². The number of nitrogens with zero attached hydrogens (tertiary/aromatic N) is 1. The minimum absolute atomic E-state index is 0.123. The number of carbonyl (C=O) groups excluding carboxylic acids is 1. The third kappa shape index (κ3) is 4.20. The summed E-state index contributed by atoms with van der Waals surface area (Å²) >= 11 is 0. The van der Waals surface area contributed by atoms with Gasteiger partial charge < -0.3 is 15.3 Å². The van der Waals surface area contributed by atoms with E-state index in [4.69, 9.17) is 5.11 Å². The molecule has 0 bridgehead atoms. The number of carboxylic acids is 1. The van der Waals surface area contributed by atoms with Crippen molar-refractivity contribution in [2.75, 3.05) is 19.6 Å². The molecule has 2 N–H and O–H groups in total. The van der Waals surface area contributed by atoms with Crippen LogP contribution >= 0.6 is 0 Å². The van der Waals surface area contributed by atoms with Gasteiger partial charge in [-0.2, -0.15) is 0 Å². The zero-order valence-corrected chi connectivity index (χ0v) is 11.4. The van der Waals surface area contributed by atoms with Crippen LogP contribution in [0.1, 0.15) is 44.9 Å². The molecule has 5 nitrogen and oxygen atoms in total. The molecular formula is C14H24N2O3. The normalized spacial score (nSPS) is 28.1. The summed E-state index contributed by atoms with van der Waals surface area (Å²) in [5.41, 5.74) is 0. The Kier molecular flexibility index (Phi) is 5.19. The van der Waals surface area contributed by atoms with E-state index in [2.05, 4.69) is 5.32 Å². The van der Waals surface area contributed by atoms with E-state index in [1.165, 1.54) is 12.8 Å². The van der Waals surface area contributed by atoms with Crippen molar-refractivity contribution in [2.24, 2.45) is 5.92 Å². The van der Waals surface area contributed by atoms with E-state index in [0.29, 0.717) is 25.4 Å². The van der Waals surface area contributed by atoms with Gasteiger partial charge in [0.2, 0.25) is 5.91 Å². The SMILES string of the molecule is O=C(O)[C@H]1CCCN(C(=O)CCC2CCCCN2)C1. The molecule has 108 valence electrons. The lowest BCUT2D eigenvalue weighted by atomic mass is 9.97. The topological polar surface area (TPSA) is 69.6 Å². The van der Waals surface area contributed by atoms with Gasteiger partial charge in [-0.05, 0) is 38.6 Å². The summed E-state index contributed by atoms with van der Waals surface area (Å²) < 4.78 is 0. The van der Waals surface area contributed by atoms with Crippen LogP contribution in [0, 0.1) is 5.92 Å². The second kappa shape index (κ2) is 6.89. The van der Waals surface area contributed by atoms with Crippen molar-refractivity contribution in [1.82, 2.24) is 10.2 Å². The Morgan fingerprint density at radius 2 is 2.05 bits per heavy atom. The summed E-state index contributed by atoms with van der Waals surface area (Å²) in [5, 5.41) is 12.5. The molecule has 5 heteroatoms. The van der Waals surface area contributed by atoms with Crippen LogP contribution in [0.25, 0.3) is 0 Å². The Balaban J connectivity index is 1.74. The fraction of sp³-hybridized carbons (Fsp3) is 0.857. The first-order valence-electron chi connectivity index (χ1n) is 7.41. The van der Waals surface area contributed by atoms with Gasteiger partial charge in [-0.25, -0.2) is 0 Å². The van der Waals surface area contributed by atoms with E-state index in [1.54, 1.807) is 4.90 Å². The Bertz CT molecular complexity index is 327. The number of likely N-dealkylation sites (tertiary alicyclic amines) is 1. The number of hydrogen-bond acceptors (Lipinski definition) is 3. The maximum Gasteiger partial charge on any atom is 0.308 e. The van der Waals surface area contributed by atoms with Gasteiger partial charge in [0.05, 0.1) is 5.92 Å². The smallest absolute Gasteiger partial charge is 0.308 e. The summed E-state index contributed by atoms with van der Waals surface area (Å²) in [6.07, 6.45) is 6.57. The second-order valence-electron chi connectivity index (χ2n) is 5.70. The maximum absolute atomic E-state index is 12.1. The highest BCUT2D eigenvalue weighted by Crippen LogP contribution is 2.19. The summed E-state index contributed by atoms with van der Waals surface area (Å²) in [4.78, 5) is 24.8. The number of rotatable bonds is 4. The molecule has 0 aromatic carbocycles. The molecule has 19 heavy (non-hydrogen) atoms. The molecular weight excluding hydrogens is 244 g/mol. The van der Waals surface area contributed by atoms with Crippen molar-refractivity contribution in [2.45, 2.75) is 51.0 Å². The third-order valence-electron chi connectivity index (χ3n) is 4.24. The highest BCUT2D eigenvalue weighted by molar-refractivity contribution is 5.78. The van der Waals surface area contributed by atoms with Crippen LogP contribution in [0.4, 0.5) is 0 Å². The van der Waals surface area contributed by atoms with Gasteiger partial charge in [0.25, 0.3) is 0 Å². The number of piperidine rings is 2. The fourth-order valence-corrected chi connectivity index (χ4v) is 3.03. The number of amides is 1. The predicted octanol–water partition coefficient (Wildman–Crippen LogP) is 1.23. The summed E-state index contributed by atoms with van der Waals surface area (Å²) in [7, 11) is 0. The van der Waals surface area contributed by atoms with Crippen molar-refractivity contribution < 1.29 is 14.7 Å². The van der Waals surface area contributed by atoms with Gasteiger partial charge >= 0.3 is 5.97 Å². The molecule has 2 aliphatic heterocycles. The van der Waals surface area contributed by atoms with Crippen molar-refractivity contribution in [1.29, 1.82) is 0 Å². The fourth-order valence-electron chi connectivity index (χ4n) is 3.03. The molecule has 2 fully saturated rings. The molecule has 0 radical (unpaired) electrons. The zero-order chi connectivity index (χ0) is 13.7. The van der Waals surface area contributed by atoms with E-state index in [9.17, 15) is 9.59 Å². The molecule has 0 spiro atoms. The highest BCUT2D eigenvalue weighted by Gasteiger charge is 2.28. The molecule has 2 aliphatic rings. The first-order chi connectivity index (χ1) is 9.16. The van der Waals surface area contributed by atoms with Crippen LogP contribution in [0.3, 0.4) is 0 Å². The number of carbonyl (C=O) groups is 2. The highest BCUT2D eigenvalue weighted by atomic mass is 16.4. The number of hydrogen-bond donors (Lipinski definition) is 2. The molecule has 0 aliphatic carbocycles. The molecule has 0 aromatic heterocycles. The van der Waals surface area contributed by atoms with Crippen LogP contribution in [0.15, 0.2) is 0 Å². The van der Waals surface area contributed by atoms with Gasteiger partial charge in [0.1, 0.15) is 0 Å². The van der Waals surface area contributed by atoms with Crippen LogP contribution in [-0.2, 0) is 9.59 Å². The average molecular weight is 268 g/mol. The average Bonchev–Trinajstić information content (AvgIpc) is 2.46. The minimum atomic E-state index is -0.772. The molecule has 2 heterocycles. The standard InChI is InChI=1S/C14H24N2O3/c17-13(7-6-12-5-1-2-8-15-12)16-9-3-4-11(10-16)14(18)19/h11-12,15H,1-10H2,(H,18,19)/t11-,12?/m0/s1. The zero-order valence-electron chi connectivity index (χ0n) is 11.4. The minimum Gasteiger partial charge on any atom is -0.481 e. The van der Waals surface area contributed by atoms with Gasteiger partial charge in [-0.1, -0.05) is 6.42 Å². The second-order valence-corrected chi connectivity index (χ2v) is 5.70. The quantitative estimate of drug-likeness (QED) is 0.804. The molecule has 1 unspecified atom stereocenters. The first kappa shape index (κ1) is 14.3. The molecule has 1 amide bonds. The number of carboxylic acid groups (broad SMARTS) is 1. The summed E-state index contributed by atoms with van der Waals surface area (Å²) in [5.74, 6) is -1.02. The van der Waals surface area contributed by atoms with E-state index in [1.807, 2.05) is 0 Å². The molecule has 2 saturated heterocycles. The van der Waals surface area contributed by atoms with Crippen LogP contribution in [-0.4, -0.2) is 47.6 Å². The van der Waals surface area contributed by atoms with E-state index >= 15 is 0 Å². The van der Waals surface area contributed by atoms with Crippen molar-refractivity contribution in [3.63, 3.8) is 0 Å². The molecule has 2 rings (SSSR count). The number of nitrogens with one attached hydrogen (secondary N) is 1. The predicted molar refractivity (Wildman–Crippen MR) is 71.8 cm³/mol. The van der Waals surface area contributed by atoms with Crippen LogP contribution in [0.5, 0.6) is 0 Å². The van der Waals surface area contributed by atoms with Crippen molar-refractivity contribution in [3.8, 4) is 0 Å².